The van der Waals surface area contributed by atoms with E-state index in [0.717, 1.165) is 21.8 Å². The number of hydrogen-bond donors (Lipinski definition) is 1. The van der Waals surface area contributed by atoms with Crippen LogP contribution in [0.25, 0.3) is 28.0 Å². The molecule has 0 spiro atoms. The molecule has 5 rings (SSSR count). The van der Waals surface area contributed by atoms with E-state index in [1.165, 1.54) is 18.9 Å². The third-order valence-corrected chi connectivity index (χ3v) is 5.52. The lowest BCUT2D eigenvalue weighted by Crippen LogP contribution is -2.37. The van der Waals surface area contributed by atoms with E-state index >= 15 is 0 Å². The van der Waals surface area contributed by atoms with Gasteiger partial charge in [-0.05, 0) is 30.4 Å². The monoisotopic (exact) mass is 465 g/mol. The Balaban J connectivity index is 1.61. The first-order valence-corrected chi connectivity index (χ1v) is 11.0. The van der Waals surface area contributed by atoms with Gasteiger partial charge in [0.15, 0.2) is 6.40 Å². The summed E-state index contributed by atoms with van der Waals surface area (Å²) in [5, 5.41) is 2.05. The first-order chi connectivity index (χ1) is 17.2. The fraction of sp³-hybridized carbons (Fsp3) is 0.0741. The molecule has 2 N–H and O–H groups in total. The van der Waals surface area contributed by atoms with Gasteiger partial charge in [0.05, 0.1) is 18.3 Å². The molecule has 0 aliphatic carbocycles. The molecule has 1 atom stereocenters. The summed E-state index contributed by atoms with van der Waals surface area (Å²) in [6.45, 7) is 0.334. The van der Waals surface area contributed by atoms with E-state index in [0.29, 0.717) is 18.2 Å². The van der Waals surface area contributed by atoms with Gasteiger partial charge in [-0.15, -0.1) is 0 Å². The summed E-state index contributed by atoms with van der Waals surface area (Å²) in [6.07, 6.45) is 22.9. The number of carbonyl (C=O) groups is 1. The average molecular weight is 466 g/mol. The lowest BCUT2D eigenvalue weighted by molar-refractivity contribution is -0.120. The van der Waals surface area contributed by atoms with Crippen LogP contribution in [0.3, 0.4) is 0 Å². The van der Waals surface area contributed by atoms with Gasteiger partial charge in [0.25, 0.3) is 0 Å². The Morgan fingerprint density at radius 3 is 2.71 bits per heavy atom. The highest BCUT2D eigenvalue weighted by molar-refractivity contribution is 6.07. The number of amides is 1. The van der Waals surface area contributed by atoms with Gasteiger partial charge in [-0.1, -0.05) is 42.5 Å². The van der Waals surface area contributed by atoms with Gasteiger partial charge in [-0.3, -0.25) is 4.79 Å². The molecular formula is C27H23N5O3. The van der Waals surface area contributed by atoms with Crippen LogP contribution in [0.15, 0.2) is 108 Å². The zero-order chi connectivity index (χ0) is 24.0. The summed E-state index contributed by atoms with van der Waals surface area (Å²) in [5.74, 6) is 0.529. The van der Waals surface area contributed by atoms with E-state index in [9.17, 15) is 4.79 Å². The molecule has 4 heterocycles. The first-order valence-electron chi connectivity index (χ1n) is 11.0. The highest BCUT2D eigenvalue weighted by atomic mass is 16.5. The van der Waals surface area contributed by atoms with Crippen molar-refractivity contribution in [3.8, 4) is 5.88 Å². The summed E-state index contributed by atoms with van der Waals surface area (Å²) in [7, 11) is 0. The second-order valence-corrected chi connectivity index (χ2v) is 7.80. The Bertz CT molecular complexity index is 1470. The second-order valence-electron chi connectivity index (χ2n) is 7.80. The van der Waals surface area contributed by atoms with Crippen molar-refractivity contribution in [2.24, 2.45) is 10.7 Å². The Morgan fingerprint density at radius 2 is 1.83 bits per heavy atom. The standard InChI is InChI=1S/C27H23N5O3/c28-26(33)24-17-20-18-32(24)15-12-29-19-34-16-8-4-2-1-3-7-13-31-14-11-22-21-9-5-6-10-23(21)30-27(35-20)25(22)31/h1-17,19,24H,18H2,(H2,28,33). The maximum Gasteiger partial charge on any atom is 0.244 e. The summed E-state index contributed by atoms with van der Waals surface area (Å²) >= 11 is 0. The van der Waals surface area contributed by atoms with Crippen molar-refractivity contribution in [2.75, 3.05) is 6.54 Å². The van der Waals surface area contributed by atoms with Crippen molar-refractivity contribution >= 4 is 40.3 Å². The number of aliphatic imine (C=N–C) groups is 1. The van der Waals surface area contributed by atoms with Crippen LogP contribution in [0.5, 0.6) is 5.88 Å². The number of primary amides is 1. The van der Waals surface area contributed by atoms with Gasteiger partial charge < -0.3 is 24.7 Å². The topological polar surface area (TPSA) is 95.0 Å². The molecule has 3 aromatic rings. The van der Waals surface area contributed by atoms with Crippen LogP contribution in [0, 0.1) is 0 Å². The van der Waals surface area contributed by atoms with Crippen LogP contribution in [0.1, 0.15) is 0 Å². The van der Waals surface area contributed by atoms with Crippen molar-refractivity contribution in [3.63, 3.8) is 0 Å². The van der Waals surface area contributed by atoms with Crippen molar-refractivity contribution in [2.45, 2.75) is 6.04 Å². The predicted molar refractivity (Wildman–Crippen MR) is 137 cm³/mol. The fourth-order valence-electron chi connectivity index (χ4n) is 3.95. The number of allylic oxidation sites excluding steroid dienone is 6. The number of ether oxygens (including phenoxy) is 2. The molecule has 0 saturated carbocycles. The van der Waals surface area contributed by atoms with Crippen LogP contribution in [-0.2, 0) is 9.53 Å². The number of aromatic nitrogens is 2. The van der Waals surface area contributed by atoms with Gasteiger partial charge in [-0.2, -0.15) is 0 Å². The molecule has 0 radical (unpaired) electrons. The van der Waals surface area contributed by atoms with Gasteiger partial charge in [0.2, 0.25) is 11.8 Å². The molecule has 2 bridgehead atoms. The maximum absolute atomic E-state index is 12.1. The molecule has 1 unspecified atom stereocenters. The predicted octanol–water partition coefficient (Wildman–Crippen LogP) is 4.25. The number of rotatable bonds is 1. The minimum Gasteiger partial charge on any atom is -0.453 e. The van der Waals surface area contributed by atoms with E-state index in [1.54, 1.807) is 23.3 Å². The Hall–Kier alpha value is -4.85. The van der Waals surface area contributed by atoms with Crippen LogP contribution in [0.4, 0.5) is 0 Å². The normalized spacial score (nSPS) is 18.0. The van der Waals surface area contributed by atoms with E-state index in [-0.39, 0.29) is 0 Å². The minimum absolute atomic E-state index is 0.334. The molecule has 1 aromatic carbocycles. The SMILES string of the molecule is NC(=O)C1C=C2CN1C=CN=COC=CC=CC=CC=Cn1ccc3c4ccccc4nc(c31)O2. The van der Waals surface area contributed by atoms with Gasteiger partial charge in [0.1, 0.15) is 17.3 Å². The van der Waals surface area contributed by atoms with Crippen molar-refractivity contribution in [1.29, 1.82) is 0 Å². The first kappa shape index (κ1) is 22.0. The molecule has 2 aliphatic heterocycles. The van der Waals surface area contributed by atoms with E-state index in [1.807, 2.05) is 77.7 Å². The van der Waals surface area contributed by atoms with Crippen molar-refractivity contribution < 1.29 is 14.3 Å². The largest absolute Gasteiger partial charge is 0.453 e. The highest BCUT2D eigenvalue weighted by Gasteiger charge is 2.29. The Labute approximate surface area is 202 Å². The quantitative estimate of drug-likeness (QED) is 0.580. The zero-order valence-corrected chi connectivity index (χ0v) is 18.8. The summed E-state index contributed by atoms with van der Waals surface area (Å²) in [5.41, 5.74) is 7.28. The van der Waals surface area contributed by atoms with Crippen molar-refractivity contribution in [1.82, 2.24) is 14.5 Å². The Morgan fingerprint density at radius 1 is 1.00 bits per heavy atom. The lowest BCUT2D eigenvalue weighted by Gasteiger charge is -2.19. The van der Waals surface area contributed by atoms with Gasteiger partial charge in [-0.25, -0.2) is 9.98 Å². The molecule has 174 valence electrons. The molecule has 1 amide bonds. The average Bonchev–Trinajstić information content (AvgIpc) is 3.46. The van der Waals surface area contributed by atoms with E-state index in [4.69, 9.17) is 20.2 Å². The van der Waals surface area contributed by atoms with Crippen LogP contribution in [0.2, 0.25) is 0 Å². The van der Waals surface area contributed by atoms with Gasteiger partial charge in [0, 0.05) is 35.6 Å². The van der Waals surface area contributed by atoms with Crippen LogP contribution in [-0.4, -0.2) is 39.3 Å². The number of pyridine rings is 1. The van der Waals surface area contributed by atoms with E-state index in [2.05, 4.69) is 4.99 Å². The Kier molecular flexibility index (Phi) is 6.25. The third kappa shape index (κ3) is 4.77. The summed E-state index contributed by atoms with van der Waals surface area (Å²) in [6, 6.07) is 9.31. The number of nitrogens with two attached hydrogens (primary N) is 1. The highest BCUT2D eigenvalue weighted by Crippen LogP contribution is 2.33. The molecule has 0 saturated heterocycles. The zero-order valence-electron chi connectivity index (χ0n) is 18.8. The second kappa shape index (κ2) is 9.96. The lowest BCUT2D eigenvalue weighted by atomic mass is 10.1. The van der Waals surface area contributed by atoms with E-state index < -0.39 is 11.9 Å². The molecule has 35 heavy (non-hydrogen) atoms. The summed E-state index contributed by atoms with van der Waals surface area (Å²) < 4.78 is 13.5. The molecule has 2 aliphatic rings. The van der Waals surface area contributed by atoms with Crippen LogP contribution < -0.4 is 10.5 Å². The minimum atomic E-state index is -0.663. The number of fused-ring (bicyclic) bond motifs is 4. The molecular weight excluding hydrogens is 442 g/mol. The number of para-hydroxylation sites is 1. The molecule has 0 fully saturated rings. The number of nitrogens with zero attached hydrogens (tertiary/aromatic N) is 4. The fourth-order valence-corrected chi connectivity index (χ4v) is 3.95. The molecule has 2 aromatic heterocycles. The molecule has 8 nitrogen and oxygen atoms in total. The third-order valence-electron chi connectivity index (χ3n) is 5.52. The van der Waals surface area contributed by atoms with Crippen molar-refractivity contribution in [3.05, 3.63) is 103 Å². The number of benzene rings is 1. The molecule has 8 heteroatoms. The number of hydrogen-bond acceptors (Lipinski definition) is 6. The van der Waals surface area contributed by atoms with Gasteiger partial charge >= 0.3 is 0 Å². The van der Waals surface area contributed by atoms with Crippen LogP contribution >= 0.6 is 0 Å². The summed E-state index contributed by atoms with van der Waals surface area (Å²) in [4.78, 5) is 22.7. The smallest absolute Gasteiger partial charge is 0.244 e. The maximum atomic E-state index is 12.1. The number of carbonyl (C=O) groups excluding carboxylic acids is 1.